The van der Waals surface area contributed by atoms with E-state index in [1.165, 1.54) is 0 Å². The topological polar surface area (TPSA) is 55.6 Å². The van der Waals surface area contributed by atoms with Gasteiger partial charge in [0.15, 0.2) is 0 Å². The summed E-state index contributed by atoms with van der Waals surface area (Å²) in [7, 11) is 0. The van der Waals surface area contributed by atoms with Gasteiger partial charge in [-0.1, -0.05) is 12.1 Å². The molecule has 0 bridgehead atoms. The Bertz CT molecular complexity index is 721. The predicted octanol–water partition coefficient (Wildman–Crippen LogP) is 3.14. The van der Waals surface area contributed by atoms with E-state index in [4.69, 9.17) is 0 Å². The van der Waals surface area contributed by atoms with Crippen molar-refractivity contribution in [2.24, 2.45) is 0 Å². The number of aromatic nitrogens is 4. The van der Waals surface area contributed by atoms with Crippen molar-refractivity contribution in [2.45, 2.75) is 19.9 Å². The Morgan fingerprint density at radius 3 is 2.62 bits per heavy atom. The zero-order valence-corrected chi connectivity index (χ0v) is 12.1. The van der Waals surface area contributed by atoms with Gasteiger partial charge in [-0.05, 0) is 32.0 Å². The van der Waals surface area contributed by atoms with Gasteiger partial charge in [0.25, 0.3) is 0 Å². The first-order valence-corrected chi connectivity index (χ1v) is 6.89. The third-order valence-corrected chi connectivity index (χ3v) is 3.36. The van der Waals surface area contributed by atoms with Gasteiger partial charge in [-0.2, -0.15) is 5.10 Å². The summed E-state index contributed by atoms with van der Waals surface area (Å²) in [6.07, 6.45) is 7.13. The first-order valence-electron chi connectivity index (χ1n) is 6.89. The molecule has 0 radical (unpaired) electrons. The zero-order chi connectivity index (χ0) is 14.7. The molecule has 0 amide bonds. The number of hydrogen-bond donors (Lipinski definition) is 1. The van der Waals surface area contributed by atoms with Crippen molar-refractivity contribution in [1.29, 1.82) is 0 Å². The van der Waals surface area contributed by atoms with Crippen LogP contribution in [0, 0.1) is 6.92 Å². The summed E-state index contributed by atoms with van der Waals surface area (Å²) in [6.45, 7) is 4.05. The maximum Gasteiger partial charge on any atom is 0.0877 e. The maximum absolute atomic E-state index is 4.42. The largest absolute Gasteiger partial charge is 0.375 e. The first kappa shape index (κ1) is 13.3. The fraction of sp³-hybridized carbons (Fsp3) is 0.188. The number of nitrogens with one attached hydrogen (secondary N) is 1. The number of nitrogens with zero attached hydrogens (tertiary/aromatic N) is 4. The van der Waals surface area contributed by atoms with E-state index >= 15 is 0 Å². The van der Waals surface area contributed by atoms with Gasteiger partial charge in [0.2, 0.25) is 0 Å². The third-order valence-electron chi connectivity index (χ3n) is 3.36. The van der Waals surface area contributed by atoms with Crippen LogP contribution in [-0.4, -0.2) is 19.7 Å². The van der Waals surface area contributed by atoms with Crippen LogP contribution in [-0.2, 0) is 0 Å². The second-order valence-corrected chi connectivity index (χ2v) is 4.86. The lowest BCUT2D eigenvalue weighted by Gasteiger charge is -2.18. The highest BCUT2D eigenvalue weighted by molar-refractivity contribution is 5.61. The van der Waals surface area contributed by atoms with E-state index in [9.17, 15) is 0 Å². The minimum absolute atomic E-state index is 0.0652. The predicted molar refractivity (Wildman–Crippen MR) is 82.4 cm³/mol. The Hall–Kier alpha value is -2.69. The molecule has 1 N–H and O–H groups in total. The summed E-state index contributed by atoms with van der Waals surface area (Å²) in [6, 6.07) is 10.1. The van der Waals surface area contributed by atoms with Gasteiger partial charge in [-0.15, -0.1) is 0 Å². The summed E-state index contributed by atoms with van der Waals surface area (Å²) < 4.78 is 1.85. The summed E-state index contributed by atoms with van der Waals surface area (Å²) in [4.78, 5) is 8.71. The van der Waals surface area contributed by atoms with Gasteiger partial charge in [0.1, 0.15) is 0 Å². The molecule has 1 aromatic carbocycles. The standard InChI is InChI=1S/C16H17N5/c1-12-16(18-10-9-17-12)13(2)20-14-6-3-4-7-15(14)21-11-5-8-19-21/h3-11,13,20H,1-2H3. The number of aryl methyl sites for hydroxylation is 1. The van der Waals surface area contributed by atoms with Crippen LogP contribution in [0.5, 0.6) is 0 Å². The Kier molecular flexibility index (Phi) is 3.64. The van der Waals surface area contributed by atoms with Crippen molar-refractivity contribution in [3.8, 4) is 5.69 Å². The molecule has 2 aromatic heterocycles. The SMILES string of the molecule is Cc1nccnc1C(C)Nc1ccccc1-n1cccn1. The van der Waals surface area contributed by atoms with Gasteiger partial charge >= 0.3 is 0 Å². The average Bonchev–Trinajstić information content (AvgIpc) is 3.02. The molecule has 5 heteroatoms. The highest BCUT2D eigenvalue weighted by atomic mass is 15.3. The fourth-order valence-electron chi connectivity index (χ4n) is 2.35. The van der Waals surface area contributed by atoms with Crippen molar-refractivity contribution < 1.29 is 0 Å². The molecular weight excluding hydrogens is 262 g/mol. The quantitative estimate of drug-likeness (QED) is 0.797. The van der Waals surface area contributed by atoms with E-state index in [0.29, 0.717) is 0 Å². The number of anilines is 1. The molecule has 0 spiro atoms. The van der Waals surface area contributed by atoms with Gasteiger partial charge in [0, 0.05) is 24.8 Å². The second-order valence-electron chi connectivity index (χ2n) is 4.86. The molecular formula is C16H17N5. The third kappa shape index (κ3) is 2.76. The van der Waals surface area contributed by atoms with Crippen LogP contribution in [0.2, 0.25) is 0 Å². The molecule has 0 saturated carbocycles. The normalized spacial score (nSPS) is 12.1. The zero-order valence-electron chi connectivity index (χ0n) is 12.1. The summed E-state index contributed by atoms with van der Waals surface area (Å²) in [5, 5.41) is 7.79. The maximum atomic E-state index is 4.42. The van der Waals surface area contributed by atoms with Crippen LogP contribution in [0.1, 0.15) is 24.4 Å². The molecule has 1 atom stereocenters. The van der Waals surface area contributed by atoms with E-state index in [2.05, 4.69) is 27.3 Å². The van der Waals surface area contributed by atoms with Crippen molar-refractivity contribution in [2.75, 3.05) is 5.32 Å². The minimum Gasteiger partial charge on any atom is -0.375 e. The fourth-order valence-corrected chi connectivity index (χ4v) is 2.35. The Morgan fingerprint density at radius 2 is 1.86 bits per heavy atom. The van der Waals surface area contributed by atoms with Crippen LogP contribution < -0.4 is 5.32 Å². The number of benzene rings is 1. The van der Waals surface area contributed by atoms with Crippen molar-refractivity contribution in [1.82, 2.24) is 19.7 Å². The molecule has 0 aliphatic carbocycles. The van der Waals surface area contributed by atoms with Crippen LogP contribution in [0.25, 0.3) is 5.69 Å². The summed E-state index contributed by atoms with van der Waals surface area (Å²) in [5.41, 5.74) is 3.91. The van der Waals surface area contributed by atoms with Crippen molar-refractivity contribution >= 4 is 5.69 Å². The Balaban J connectivity index is 1.91. The van der Waals surface area contributed by atoms with Crippen LogP contribution in [0.15, 0.2) is 55.1 Å². The van der Waals surface area contributed by atoms with Crippen LogP contribution >= 0.6 is 0 Å². The number of para-hydroxylation sites is 2. The molecule has 0 aliphatic heterocycles. The number of rotatable bonds is 4. The Morgan fingerprint density at radius 1 is 1.05 bits per heavy atom. The second kappa shape index (κ2) is 5.75. The van der Waals surface area contributed by atoms with Gasteiger partial charge in [-0.25, -0.2) is 4.68 Å². The summed E-state index contributed by atoms with van der Waals surface area (Å²) in [5.74, 6) is 0. The molecule has 21 heavy (non-hydrogen) atoms. The van der Waals surface area contributed by atoms with Crippen LogP contribution in [0.3, 0.4) is 0 Å². The van der Waals surface area contributed by atoms with Gasteiger partial charge < -0.3 is 5.32 Å². The van der Waals surface area contributed by atoms with Gasteiger partial charge in [0.05, 0.1) is 28.8 Å². The van der Waals surface area contributed by atoms with Crippen molar-refractivity contribution in [3.05, 3.63) is 66.5 Å². The lowest BCUT2D eigenvalue weighted by Crippen LogP contribution is -2.12. The van der Waals surface area contributed by atoms with E-state index < -0.39 is 0 Å². The molecule has 0 fully saturated rings. The molecule has 5 nitrogen and oxygen atoms in total. The molecule has 3 aromatic rings. The minimum atomic E-state index is 0.0652. The van der Waals surface area contributed by atoms with E-state index in [-0.39, 0.29) is 6.04 Å². The smallest absolute Gasteiger partial charge is 0.0877 e. The molecule has 1 unspecified atom stereocenters. The molecule has 0 saturated heterocycles. The van der Waals surface area contributed by atoms with E-state index in [1.54, 1.807) is 18.6 Å². The molecule has 2 heterocycles. The monoisotopic (exact) mass is 279 g/mol. The summed E-state index contributed by atoms with van der Waals surface area (Å²) >= 11 is 0. The highest BCUT2D eigenvalue weighted by Gasteiger charge is 2.12. The van der Waals surface area contributed by atoms with Crippen molar-refractivity contribution in [3.63, 3.8) is 0 Å². The highest BCUT2D eigenvalue weighted by Crippen LogP contribution is 2.24. The Labute approximate surface area is 123 Å². The lowest BCUT2D eigenvalue weighted by atomic mass is 10.1. The lowest BCUT2D eigenvalue weighted by molar-refractivity contribution is 0.803. The number of hydrogen-bond acceptors (Lipinski definition) is 4. The first-order chi connectivity index (χ1) is 10.3. The molecule has 106 valence electrons. The van der Waals surface area contributed by atoms with E-state index in [0.717, 1.165) is 22.8 Å². The molecule has 3 rings (SSSR count). The molecule has 0 aliphatic rings. The van der Waals surface area contributed by atoms with Gasteiger partial charge in [-0.3, -0.25) is 9.97 Å². The average molecular weight is 279 g/mol. The van der Waals surface area contributed by atoms with E-state index in [1.807, 2.05) is 48.1 Å². The van der Waals surface area contributed by atoms with Crippen LogP contribution in [0.4, 0.5) is 5.69 Å².